The van der Waals surface area contributed by atoms with Crippen LogP contribution in [0.25, 0.3) is 10.2 Å². The molecule has 4 rings (SSSR count). The normalized spacial score (nSPS) is 15.5. The summed E-state index contributed by atoms with van der Waals surface area (Å²) in [6, 6.07) is 12.2. The van der Waals surface area contributed by atoms with Crippen LogP contribution in [0.2, 0.25) is 5.02 Å². The highest BCUT2D eigenvalue weighted by Gasteiger charge is 2.21. The first-order valence-electron chi connectivity index (χ1n) is 10.0. The van der Waals surface area contributed by atoms with Gasteiger partial charge in [-0.1, -0.05) is 35.5 Å². The summed E-state index contributed by atoms with van der Waals surface area (Å²) in [5.74, 6) is 0.458. The van der Waals surface area contributed by atoms with Gasteiger partial charge < -0.3 is 11.1 Å². The third-order valence-electron chi connectivity index (χ3n) is 5.31. The quantitative estimate of drug-likeness (QED) is 0.411. The van der Waals surface area contributed by atoms with E-state index in [0.29, 0.717) is 5.75 Å². The number of carbonyl (C=O) groups excluding carboxylic acids is 1. The molecule has 2 heterocycles. The SMILES string of the molecule is Cc1ccc(CN2CCC(NC(=O)CSc3nc4ccc(N)cc4s3)CC2)cc1Cl. The molecule has 3 aromatic rings. The van der Waals surface area contributed by atoms with Gasteiger partial charge in [0.2, 0.25) is 5.91 Å². The zero-order valence-electron chi connectivity index (χ0n) is 16.9. The minimum atomic E-state index is 0.0718. The number of halogens is 1. The van der Waals surface area contributed by atoms with E-state index in [0.717, 1.165) is 63.3 Å². The molecule has 30 heavy (non-hydrogen) atoms. The third-order valence-corrected chi connectivity index (χ3v) is 7.88. The fraction of sp³-hybridized carbons (Fsp3) is 0.364. The molecule has 1 saturated heterocycles. The minimum absolute atomic E-state index is 0.0718. The lowest BCUT2D eigenvalue weighted by Gasteiger charge is -2.32. The molecular formula is C22H25ClN4OS2. The molecule has 8 heteroatoms. The highest BCUT2D eigenvalue weighted by Crippen LogP contribution is 2.30. The van der Waals surface area contributed by atoms with Gasteiger partial charge in [-0.2, -0.15) is 0 Å². The van der Waals surface area contributed by atoms with Gasteiger partial charge in [0.05, 0.1) is 16.0 Å². The number of nitrogens with zero attached hydrogens (tertiary/aromatic N) is 2. The number of nitrogen functional groups attached to an aromatic ring is 1. The molecule has 158 valence electrons. The lowest BCUT2D eigenvalue weighted by molar-refractivity contribution is -0.119. The van der Waals surface area contributed by atoms with Gasteiger partial charge in [-0.25, -0.2) is 4.98 Å². The molecule has 0 saturated carbocycles. The number of aromatic nitrogens is 1. The number of likely N-dealkylation sites (tertiary alicyclic amines) is 1. The van der Waals surface area contributed by atoms with Crippen LogP contribution < -0.4 is 11.1 Å². The van der Waals surface area contributed by atoms with Gasteiger partial charge in [0.1, 0.15) is 0 Å². The van der Waals surface area contributed by atoms with E-state index in [1.165, 1.54) is 17.3 Å². The number of rotatable bonds is 6. The zero-order valence-corrected chi connectivity index (χ0v) is 19.2. The molecule has 0 unspecified atom stereocenters. The number of anilines is 1. The molecule has 1 fully saturated rings. The minimum Gasteiger partial charge on any atom is -0.399 e. The lowest BCUT2D eigenvalue weighted by atomic mass is 10.0. The van der Waals surface area contributed by atoms with Crippen LogP contribution in [0.3, 0.4) is 0 Å². The van der Waals surface area contributed by atoms with Crippen LogP contribution in [0, 0.1) is 6.92 Å². The summed E-state index contributed by atoms with van der Waals surface area (Å²) in [7, 11) is 0. The number of aryl methyl sites for hydroxylation is 1. The number of piperidine rings is 1. The van der Waals surface area contributed by atoms with Gasteiger partial charge in [-0.3, -0.25) is 9.69 Å². The van der Waals surface area contributed by atoms with E-state index in [9.17, 15) is 4.79 Å². The number of hydrogen-bond donors (Lipinski definition) is 2. The monoisotopic (exact) mass is 460 g/mol. The lowest BCUT2D eigenvalue weighted by Crippen LogP contribution is -2.44. The Balaban J connectivity index is 1.21. The van der Waals surface area contributed by atoms with E-state index < -0.39 is 0 Å². The Morgan fingerprint density at radius 2 is 2.10 bits per heavy atom. The second-order valence-corrected chi connectivity index (χ2v) is 10.4. The van der Waals surface area contributed by atoms with Crippen molar-refractivity contribution in [3.63, 3.8) is 0 Å². The highest BCUT2D eigenvalue weighted by molar-refractivity contribution is 8.01. The predicted octanol–water partition coefficient (Wildman–Crippen LogP) is 4.71. The summed E-state index contributed by atoms with van der Waals surface area (Å²) in [6.07, 6.45) is 1.94. The summed E-state index contributed by atoms with van der Waals surface area (Å²) >= 11 is 9.30. The Hall–Kier alpha value is -1.80. The van der Waals surface area contributed by atoms with E-state index in [1.807, 2.05) is 25.1 Å². The maximum Gasteiger partial charge on any atom is 0.230 e. The van der Waals surface area contributed by atoms with E-state index >= 15 is 0 Å². The van der Waals surface area contributed by atoms with Crippen molar-refractivity contribution < 1.29 is 4.79 Å². The van der Waals surface area contributed by atoms with Crippen molar-refractivity contribution in [2.45, 2.75) is 36.7 Å². The largest absolute Gasteiger partial charge is 0.399 e. The molecule has 0 spiro atoms. The Morgan fingerprint density at radius 3 is 2.87 bits per heavy atom. The average Bonchev–Trinajstić information content (AvgIpc) is 3.13. The fourth-order valence-corrected chi connectivity index (χ4v) is 5.74. The Morgan fingerprint density at radius 1 is 1.30 bits per heavy atom. The first-order chi connectivity index (χ1) is 14.5. The standard InChI is InChI=1S/C22H25ClN4OS2/c1-14-2-3-15(10-18(14)23)12-27-8-6-17(7-9-27)25-21(28)13-29-22-26-19-5-4-16(24)11-20(19)30-22/h2-5,10-11,17H,6-9,12-13,24H2,1H3,(H,25,28). The van der Waals surface area contributed by atoms with Crippen molar-refractivity contribution >= 4 is 56.5 Å². The predicted molar refractivity (Wildman–Crippen MR) is 127 cm³/mol. The highest BCUT2D eigenvalue weighted by atomic mass is 35.5. The molecule has 1 aromatic heterocycles. The number of hydrogen-bond acceptors (Lipinski definition) is 6. The maximum atomic E-state index is 12.4. The second kappa shape index (κ2) is 9.56. The zero-order chi connectivity index (χ0) is 21.1. The number of nitrogens with one attached hydrogen (secondary N) is 1. The molecule has 3 N–H and O–H groups in total. The van der Waals surface area contributed by atoms with E-state index in [4.69, 9.17) is 17.3 Å². The molecule has 0 radical (unpaired) electrons. The number of benzene rings is 2. The molecule has 0 aliphatic carbocycles. The summed E-state index contributed by atoms with van der Waals surface area (Å²) in [5, 5.41) is 4.01. The van der Waals surface area contributed by atoms with Crippen molar-refractivity contribution in [2.24, 2.45) is 0 Å². The summed E-state index contributed by atoms with van der Waals surface area (Å²) in [5.41, 5.74) is 9.83. The van der Waals surface area contributed by atoms with Crippen LogP contribution in [0.4, 0.5) is 5.69 Å². The van der Waals surface area contributed by atoms with Crippen molar-refractivity contribution in [3.8, 4) is 0 Å². The Bertz CT molecular complexity index is 1050. The second-order valence-electron chi connectivity index (χ2n) is 7.70. The first kappa shape index (κ1) is 21.4. The topological polar surface area (TPSA) is 71.2 Å². The van der Waals surface area contributed by atoms with Gasteiger partial charge in [0.15, 0.2) is 4.34 Å². The number of nitrogens with two attached hydrogens (primary N) is 1. The van der Waals surface area contributed by atoms with Crippen LogP contribution in [0.15, 0.2) is 40.7 Å². The van der Waals surface area contributed by atoms with Crippen LogP contribution in [-0.4, -0.2) is 40.7 Å². The van der Waals surface area contributed by atoms with E-state index in [2.05, 4.69) is 33.4 Å². The van der Waals surface area contributed by atoms with Gasteiger partial charge in [0.25, 0.3) is 0 Å². The molecular weight excluding hydrogens is 436 g/mol. The van der Waals surface area contributed by atoms with Crippen molar-refractivity contribution in [1.82, 2.24) is 15.2 Å². The smallest absolute Gasteiger partial charge is 0.230 e. The number of amides is 1. The van der Waals surface area contributed by atoms with Crippen LogP contribution in [-0.2, 0) is 11.3 Å². The number of fused-ring (bicyclic) bond motifs is 1. The molecule has 2 aromatic carbocycles. The van der Waals surface area contributed by atoms with Gasteiger partial charge in [-0.05, 0) is 55.2 Å². The Labute approximate surface area is 190 Å². The number of thioether (sulfide) groups is 1. The average molecular weight is 461 g/mol. The fourth-order valence-electron chi connectivity index (χ4n) is 3.61. The van der Waals surface area contributed by atoms with E-state index in [1.54, 1.807) is 11.3 Å². The van der Waals surface area contributed by atoms with Gasteiger partial charge in [0, 0.05) is 36.4 Å². The molecule has 0 bridgehead atoms. The third kappa shape index (κ3) is 5.46. The van der Waals surface area contributed by atoms with Gasteiger partial charge >= 0.3 is 0 Å². The van der Waals surface area contributed by atoms with E-state index in [-0.39, 0.29) is 11.9 Å². The van der Waals surface area contributed by atoms with Gasteiger partial charge in [-0.15, -0.1) is 11.3 Å². The van der Waals surface area contributed by atoms with Crippen LogP contribution >= 0.6 is 34.7 Å². The van der Waals surface area contributed by atoms with Crippen LogP contribution in [0.5, 0.6) is 0 Å². The molecule has 1 aliphatic heterocycles. The molecule has 0 atom stereocenters. The Kier molecular flexibility index (Phi) is 6.83. The summed E-state index contributed by atoms with van der Waals surface area (Å²) in [4.78, 5) is 19.4. The summed E-state index contributed by atoms with van der Waals surface area (Å²) in [6.45, 7) is 4.87. The first-order valence-corrected chi connectivity index (χ1v) is 12.2. The molecule has 1 aliphatic rings. The number of thiazole rings is 1. The van der Waals surface area contributed by atoms with Crippen molar-refractivity contribution in [3.05, 3.63) is 52.5 Å². The van der Waals surface area contributed by atoms with Crippen molar-refractivity contribution in [2.75, 3.05) is 24.6 Å². The molecule has 1 amide bonds. The maximum absolute atomic E-state index is 12.4. The molecule has 5 nitrogen and oxygen atoms in total. The summed E-state index contributed by atoms with van der Waals surface area (Å²) < 4.78 is 1.96. The van der Waals surface area contributed by atoms with Crippen molar-refractivity contribution in [1.29, 1.82) is 0 Å². The van der Waals surface area contributed by atoms with Crippen LogP contribution in [0.1, 0.15) is 24.0 Å². The number of carbonyl (C=O) groups is 1.